The second kappa shape index (κ2) is 6.97. The van der Waals surface area contributed by atoms with Gasteiger partial charge in [0.2, 0.25) is 0 Å². The summed E-state index contributed by atoms with van der Waals surface area (Å²) in [5.41, 5.74) is 0. The minimum absolute atomic E-state index is 0.0522. The summed E-state index contributed by atoms with van der Waals surface area (Å²) in [4.78, 5) is 23.8. The number of carbonyl (C=O) groups excluding carboxylic acids is 2. The van der Waals surface area contributed by atoms with E-state index in [0.29, 0.717) is 11.3 Å². The summed E-state index contributed by atoms with van der Waals surface area (Å²) in [6.45, 7) is 2.10. The van der Waals surface area contributed by atoms with E-state index in [9.17, 15) is 9.59 Å². The van der Waals surface area contributed by atoms with E-state index in [-0.39, 0.29) is 18.0 Å². The Hall–Kier alpha value is -0.480. The average Bonchev–Trinajstić information content (AvgIpc) is 2.65. The van der Waals surface area contributed by atoms with Gasteiger partial charge in [-0.2, -0.15) is 0 Å². The largest absolute Gasteiger partial charge is 0.299 e. The molecule has 88 valence electrons. The second-order valence-electron chi connectivity index (χ2n) is 3.70. The molecule has 2 nitrogen and oxygen atoms in total. The van der Waals surface area contributed by atoms with Gasteiger partial charge in [0.25, 0.3) is 0 Å². The molecule has 0 amide bonds. The fourth-order valence-electron chi connectivity index (χ4n) is 1.39. The van der Waals surface area contributed by atoms with E-state index in [1.54, 1.807) is 6.07 Å². The summed E-state index contributed by atoms with van der Waals surface area (Å²) in [7, 11) is 0. The zero-order valence-corrected chi connectivity index (χ0v) is 11.7. The average molecular weight is 303 g/mol. The molecular weight excluding hydrogens is 288 g/mol. The van der Waals surface area contributed by atoms with Crippen molar-refractivity contribution in [3.8, 4) is 0 Å². The van der Waals surface area contributed by atoms with Crippen LogP contribution in [0.1, 0.15) is 48.7 Å². The van der Waals surface area contributed by atoms with Crippen molar-refractivity contribution in [2.45, 2.75) is 39.0 Å². The molecule has 1 rings (SSSR count). The van der Waals surface area contributed by atoms with Crippen LogP contribution in [0.2, 0.25) is 0 Å². The van der Waals surface area contributed by atoms with Crippen LogP contribution in [0.25, 0.3) is 0 Å². The normalized spacial score (nSPS) is 10.4. The molecule has 1 aromatic heterocycles. The topological polar surface area (TPSA) is 34.1 Å². The van der Waals surface area contributed by atoms with Crippen LogP contribution in [0.5, 0.6) is 0 Å². The number of ketones is 2. The maximum absolute atomic E-state index is 11.7. The standard InChI is InChI=1S/C12H15BrO2S/c1-2-3-4-5-9(14)8-10(15)11-6-7-12(13)16-11/h6-7H,2-5,8H2,1H3. The molecular formula is C12H15BrO2S. The van der Waals surface area contributed by atoms with Crippen molar-refractivity contribution < 1.29 is 9.59 Å². The van der Waals surface area contributed by atoms with Crippen LogP contribution in [0.4, 0.5) is 0 Å². The lowest BCUT2D eigenvalue weighted by molar-refractivity contribution is -0.118. The zero-order valence-electron chi connectivity index (χ0n) is 9.29. The highest BCUT2D eigenvalue weighted by molar-refractivity contribution is 9.11. The second-order valence-corrected chi connectivity index (χ2v) is 6.16. The third kappa shape index (κ3) is 4.58. The number of rotatable bonds is 7. The van der Waals surface area contributed by atoms with E-state index >= 15 is 0 Å². The molecule has 0 saturated carbocycles. The molecule has 0 fully saturated rings. The molecule has 0 aliphatic heterocycles. The molecule has 0 radical (unpaired) electrons. The first-order valence-electron chi connectivity index (χ1n) is 5.43. The number of carbonyl (C=O) groups is 2. The fraction of sp³-hybridized carbons (Fsp3) is 0.500. The number of Topliss-reactive ketones (excluding diaryl/α,β-unsaturated/α-hetero) is 2. The Kier molecular flexibility index (Phi) is 5.91. The molecule has 0 saturated heterocycles. The van der Waals surface area contributed by atoms with E-state index in [2.05, 4.69) is 22.9 Å². The highest BCUT2D eigenvalue weighted by atomic mass is 79.9. The van der Waals surface area contributed by atoms with E-state index in [1.165, 1.54) is 11.3 Å². The van der Waals surface area contributed by atoms with Crippen molar-refractivity contribution in [3.05, 3.63) is 20.8 Å². The summed E-state index contributed by atoms with van der Waals surface area (Å²) in [5.74, 6) is 0.000158. The van der Waals surface area contributed by atoms with Gasteiger partial charge in [-0.05, 0) is 34.5 Å². The minimum Gasteiger partial charge on any atom is -0.299 e. The molecule has 1 aromatic rings. The van der Waals surface area contributed by atoms with Crippen molar-refractivity contribution >= 4 is 38.8 Å². The Balaban J connectivity index is 2.37. The van der Waals surface area contributed by atoms with Gasteiger partial charge in [-0.25, -0.2) is 0 Å². The van der Waals surface area contributed by atoms with Crippen molar-refractivity contribution in [1.82, 2.24) is 0 Å². The third-order valence-electron chi connectivity index (χ3n) is 2.26. The van der Waals surface area contributed by atoms with Crippen LogP contribution in [0.3, 0.4) is 0 Å². The SMILES string of the molecule is CCCCCC(=O)CC(=O)c1ccc(Br)s1. The molecule has 1 heterocycles. The van der Waals surface area contributed by atoms with Crippen molar-refractivity contribution in [1.29, 1.82) is 0 Å². The fourth-order valence-corrected chi connectivity index (χ4v) is 2.71. The maximum atomic E-state index is 11.7. The van der Waals surface area contributed by atoms with Gasteiger partial charge in [-0.15, -0.1) is 11.3 Å². The highest BCUT2D eigenvalue weighted by Crippen LogP contribution is 2.23. The number of hydrogen-bond acceptors (Lipinski definition) is 3. The zero-order chi connectivity index (χ0) is 12.0. The molecule has 0 aliphatic carbocycles. The smallest absolute Gasteiger partial charge is 0.180 e. The predicted molar refractivity (Wildman–Crippen MR) is 70.1 cm³/mol. The minimum atomic E-state index is -0.0581. The van der Waals surface area contributed by atoms with E-state index in [1.807, 2.05) is 6.07 Å². The van der Waals surface area contributed by atoms with Gasteiger partial charge in [0.05, 0.1) is 15.1 Å². The van der Waals surface area contributed by atoms with Crippen LogP contribution >= 0.6 is 27.3 Å². The molecule has 0 aromatic carbocycles. The number of halogens is 1. The molecule has 0 atom stereocenters. The monoisotopic (exact) mass is 302 g/mol. The molecule has 0 unspecified atom stereocenters. The number of unbranched alkanes of at least 4 members (excludes halogenated alkanes) is 2. The van der Waals surface area contributed by atoms with Gasteiger partial charge in [-0.3, -0.25) is 9.59 Å². The van der Waals surface area contributed by atoms with Crippen molar-refractivity contribution in [2.75, 3.05) is 0 Å². The van der Waals surface area contributed by atoms with Crippen LogP contribution < -0.4 is 0 Å². The number of hydrogen-bond donors (Lipinski definition) is 0. The summed E-state index contributed by atoms with van der Waals surface area (Å²) in [6, 6.07) is 3.59. The van der Waals surface area contributed by atoms with Gasteiger partial charge in [0, 0.05) is 6.42 Å². The lowest BCUT2D eigenvalue weighted by Gasteiger charge is -1.98. The number of thiophene rings is 1. The van der Waals surface area contributed by atoms with E-state index in [0.717, 1.165) is 23.0 Å². The summed E-state index contributed by atoms with van der Waals surface area (Å²) < 4.78 is 0.925. The predicted octanol–water partition coefficient (Wildman–Crippen LogP) is 4.23. The van der Waals surface area contributed by atoms with Gasteiger partial charge in [0.1, 0.15) is 5.78 Å². The molecule has 16 heavy (non-hydrogen) atoms. The van der Waals surface area contributed by atoms with Crippen LogP contribution in [-0.4, -0.2) is 11.6 Å². The molecule has 0 spiro atoms. The third-order valence-corrected chi connectivity index (χ3v) is 3.93. The van der Waals surface area contributed by atoms with Crippen molar-refractivity contribution in [3.63, 3.8) is 0 Å². The van der Waals surface area contributed by atoms with Gasteiger partial charge >= 0.3 is 0 Å². The Bertz CT molecular complexity index is 371. The van der Waals surface area contributed by atoms with Crippen LogP contribution in [0, 0.1) is 0 Å². The molecule has 4 heteroatoms. The Morgan fingerprint density at radius 1 is 1.31 bits per heavy atom. The lowest BCUT2D eigenvalue weighted by atomic mass is 10.1. The summed E-state index contributed by atoms with van der Waals surface area (Å²) >= 11 is 4.68. The van der Waals surface area contributed by atoms with Crippen molar-refractivity contribution in [2.24, 2.45) is 0 Å². The van der Waals surface area contributed by atoms with Gasteiger partial charge in [-0.1, -0.05) is 19.8 Å². The van der Waals surface area contributed by atoms with Gasteiger partial charge < -0.3 is 0 Å². The first kappa shape index (κ1) is 13.6. The maximum Gasteiger partial charge on any atom is 0.180 e. The first-order chi connectivity index (χ1) is 7.63. The Morgan fingerprint density at radius 3 is 2.62 bits per heavy atom. The van der Waals surface area contributed by atoms with E-state index < -0.39 is 0 Å². The molecule has 0 N–H and O–H groups in total. The van der Waals surface area contributed by atoms with Gasteiger partial charge in [0.15, 0.2) is 5.78 Å². The summed E-state index contributed by atoms with van der Waals surface area (Å²) in [6.07, 6.45) is 3.64. The summed E-state index contributed by atoms with van der Waals surface area (Å²) in [5, 5.41) is 0. The quantitative estimate of drug-likeness (QED) is 0.429. The molecule has 0 aliphatic rings. The van der Waals surface area contributed by atoms with Crippen LogP contribution in [-0.2, 0) is 4.79 Å². The highest BCUT2D eigenvalue weighted by Gasteiger charge is 2.13. The lowest BCUT2D eigenvalue weighted by Crippen LogP contribution is -2.06. The first-order valence-corrected chi connectivity index (χ1v) is 7.04. The Morgan fingerprint density at radius 2 is 2.06 bits per heavy atom. The van der Waals surface area contributed by atoms with Crippen LogP contribution in [0.15, 0.2) is 15.9 Å². The Labute approximate surface area is 108 Å². The molecule has 0 bridgehead atoms. The van der Waals surface area contributed by atoms with E-state index in [4.69, 9.17) is 0 Å².